The van der Waals surface area contributed by atoms with Gasteiger partial charge >= 0.3 is 0 Å². The highest BCUT2D eigenvalue weighted by molar-refractivity contribution is 7.99. The van der Waals surface area contributed by atoms with Crippen LogP contribution in [0.1, 0.15) is 13.3 Å². The summed E-state index contributed by atoms with van der Waals surface area (Å²) in [5.41, 5.74) is 0.803. The van der Waals surface area contributed by atoms with Crippen LogP contribution in [0.25, 0.3) is 5.69 Å². The number of carbonyl (C=O) groups is 1. The molecule has 1 fully saturated rings. The Morgan fingerprint density at radius 2 is 2.21 bits per heavy atom. The average molecular weight is 368 g/mol. The van der Waals surface area contributed by atoms with Gasteiger partial charge in [-0.15, -0.1) is 5.10 Å². The first-order valence-electron chi connectivity index (χ1n) is 7.74. The lowest BCUT2D eigenvalue weighted by Gasteiger charge is -2.32. The van der Waals surface area contributed by atoms with Crippen molar-refractivity contribution in [2.45, 2.75) is 24.6 Å². The minimum absolute atomic E-state index is 0.0763. The van der Waals surface area contributed by atoms with Gasteiger partial charge in [-0.25, -0.2) is 0 Å². The highest BCUT2D eigenvalue weighted by Crippen LogP contribution is 2.20. The van der Waals surface area contributed by atoms with Crippen LogP contribution in [0.15, 0.2) is 29.4 Å². The maximum atomic E-state index is 12.4. The Morgan fingerprint density at radius 3 is 2.96 bits per heavy atom. The Kier molecular flexibility index (Phi) is 5.70. The lowest BCUT2D eigenvalue weighted by atomic mass is 10.2. The lowest BCUT2D eigenvalue weighted by molar-refractivity contribution is -0.135. The molecule has 24 heavy (non-hydrogen) atoms. The SMILES string of the molecule is CC[C@@H]1CN(C(=O)CSc2nnnn2-c2ccc(Cl)cc2)CCO1. The molecule has 2 heterocycles. The first-order valence-corrected chi connectivity index (χ1v) is 9.10. The second-order valence-corrected chi connectivity index (χ2v) is 6.76. The third-order valence-electron chi connectivity index (χ3n) is 3.78. The van der Waals surface area contributed by atoms with Crippen LogP contribution in [0, 0.1) is 0 Å². The van der Waals surface area contributed by atoms with Crippen molar-refractivity contribution in [3.63, 3.8) is 0 Å². The molecule has 128 valence electrons. The largest absolute Gasteiger partial charge is 0.375 e. The standard InChI is InChI=1S/C15H18ClN5O2S/c1-2-13-9-20(7-8-23-13)14(22)10-24-15-17-18-19-21(15)12-5-3-11(16)4-6-12/h3-6,13H,2,7-10H2,1H3/t13-/m1/s1. The van der Waals surface area contributed by atoms with Gasteiger partial charge in [-0.05, 0) is 41.1 Å². The van der Waals surface area contributed by atoms with Crippen LogP contribution in [0.5, 0.6) is 0 Å². The molecule has 1 aliphatic rings. The normalized spacial score (nSPS) is 17.9. The molecule has 7 nitrogen and oxygen atoms in total. The van der Waals surface area contributed by atoms with Crippen molar-refractivity contribution in [3.8, 4) is 5.69 Å². The number of carbonyl (C=O) groups excluding carboxylic acids is 1. The van der Waals surface area contributed by atoms with Gasteiger partial charge in [0.05, 0.1) is 24.2 Å². The van der Waals surface area contributed by atoms with E-state index in [9.17, 15) is 4.79 Å². The van der Waals surface area contributed by atoms with Crippen molar-refractivity contribution < 1.29 is 9.53 Å². The number of nitrogens with zero attached hydrogens (tertiary/aromatic N) is 5. The summed E-state index contributed by atoms with van der Waals surface area (Å²) in [5, 5.41) is 12.9. The molecular weight excluding hydrogens is 350 g/mol. The van der Waals surface area contributed by atoms with Crippen molar-refractivity contribution in [1.29, 1.82) is 0 Å². The summed E-state index contributed by atoms with van der Waals surface area (Å²) in [6.07, 6.45) is 1.04. The number of amides is 1. The summed E-state index contributed by atoms with van der Waals surface area (Å²) >= 11 is 7.22. The molecule has 1 amide bonds. The van der Waals surface area contributed by atoms with E-state index in [1.807, 2.05) is 17.0 Å². The van der Waals surface area contributed by atoms with Gasteiger partial charge in [0.15, 0.2) is 0 Å². The molecule has 1 aliphatic heterocycles. The Labute approximate surface area is 149 Å². The van der Waals surface area contributed by atoms with Crippen LogP contribution in [0.2, 0.25) is 5.02 Å². The number of aromatic nitrogens is 4. The fourth-order valence-electron chi connectivity index (χ4n) is 2.42. The van der Waals surface area contributed by atoms with E-state index < -0.39 is 0 Å². The number of morpholine rings is 1. The molecule has 3 rings (SSSR count). The summed E-state index contributed by atoms with van der Waals surface area (Å²) in [6, 6.07) is 7.21. The monoisotopic (exact) mass is 367 g/mol. The van der Waals surface area contributed by atoms with Gasteiger partial charge in [0.25, 0.3) is 0 Å². The van der Waals surface area contributed by atoms with Crippen molar-refractivity contribution in [3.05, 3.63) is 29.3 Å². The molecule has 0 aliphatic carbocycles. The Balaban J connectivity index is 1.62. The Hall–Kier alpha value is -1.64. The molecule has 2 aromatic rings. The van der Waals surface area contributed by atoms with E-state index in [1.165, 1.54) is 11.8 Å². The number of hydrogen-bond donors (Lipinski definition) is 0. The summed E-state index contributed by atoms with van der Waals surface area (Å²) in [5.74, 6) is 0.372. The zero-order valence-electron chi connectivity index (χ0n) is 13.3. The van der Waals surface area contributed by atoms with E-state index in [2.05, 4.69) is 22.4 Å². The molecule has 1 atom stereocenters. The quantitative estimate of drug-likeness (QED) is 0.753. The van der Waals surface area contributed by atoms with Crippen LogP contribution >= 0.6 is 23.4 Å². The van der Waals surface area contributed by atoms with E-state index in [-0.39, 0.29) is 12.0 Å². The number of tetrazole rings is 1. The maximum absolute atomic E-state index is 12.4. The van der Waals surface area contributed by atoms with Crippen LogP contribution in [0.3, 0.4) is 0 Å². The minimum Gasteiger partial charge on any atom is -0.375 e. The van der Waals surface area contributed by atoms with Gasteiger partial charge in [0.2, 0.25) is 11.1 Å². The van der Waals surface area contributed by atoms with Crippen molar-refractivity contribution >= 4 is 29.3 Å². The summed E-state index contributed by atoms with van der Waals surface area (Å²) in [6.45, 7) is 3.95. The van der Waals surface area contributed by atoms with E-state index in [0.717, 1.165) is 12.1 Å². The molecular formula is C15H18ClN5O2S. The number of ether oxygens (including phenoxy) is 1. The van der Waals surface area contributed by atoms with E-state index in [1.54, 1.807) is 16.8 Å². The first-order chi connectivity index (χ1) is 11.7. The topological polar surface area (TPSA) is 73.1 Å². The fourth-order valence-corrected chi connectivity index (χ4v) is 3.34. The zero-order valence-corrected chi connectivity index (χ0v) is 14.8. The highest BCUT2D eigenvalue weighted by Gasteiger charge is 2.23. The molecule has 0 saturated carbocycles. The summed E-state index contributed by atoms with van der Waals surface area (Å²) in [4.78, 5) is 14.2. The van der Waals surface area contributed by atoms with Crippen molar-refractivity contribution in [2.75, 3.05) is 25.4 Å². The number of halogens is 1. The molecule has 9 heteroatoms. The third kappa shape index (κ3) is 4.06. The van der Waals surface area contributed by atoms with Crippen LogP contribution in [-0.4, -0.2) is 62.6 Å². The zero-order chi connectivity index (χ0) is 16.9. The molecule has 1 aromatic carbocycles. The molecule has 0 unspecified atom stereocenters. The molecule has 0 N–H and O–H groups in total. The highest BCUT2D eigenvalue weighted by atomic mass is 35.5. The number of thioether (sulfide) groups is 1. The van der Waals surface area contributed by atoms with Crippen LogP contribution < -0.4 is 0 Å². The molecule has 0 bridgehead atoms. The van der Waals surface area contributed by atoms with E-state index in [0.29, 0.717) is 35.6 Å². The number of rotatable bonds is 5. The third-order valence-corrected chi connectivity index (χ3v) is 4.94. The summed E-state index contributed by atoms with van der Waals surface area (Å²) in [7, 11) is 0. The second kappa shape index (κ2) is 7.96. The van der Waals surface area contributed by atoms with E-state index >= 15 is 0 Å². The van der Waals surface area contributed by atoms with Crippen LogP contribution in [-0.2, 0) is 9.53 Å². The molecule has 1 saturated heterocycles. The maximum Gasteiger partial charge on any atom is 0.233 e. The predicted molar refractivity (Wildman–Crippen MR) is 91.5 cm³/mol. The summed E-state index contributed by atoms with van der Waals surface area (Å²) < 4.78 is 7.20. The molecule has 0 spiro atoms. The van der Waals surface area contributed by atoms with Gasteiger partial charge in [-0.2, -0.15) is 4.68 Å². The lowest BCUT2D eigenvalue weighted by Crippen LogP contribution is -2.46. The second-order valence-electron chi connectivity index (χ2n) is 5.38. The predicted octanol–water partition coefficient (Wildman–Crippen LogP) is 2.05. The minimum atomic E-state index is 0.0763. The van der Waals surface area contributed by atoms with Gasteiger partial charge in [0, 0.05) is 18.1 Å². The number of benzene rings is 1. The Bertz CT molecular complexity index is 693. The van der Waals surface area contributed by atoms with Gasteiger partial charge in [-0.3, -0.25) is 4.79 Å². The average Bonchev–Trinajstić information content (AvgIpc) is 3.09. The Morgan fingerprint density at radius 1 is 1.42 bits per heavy atom. The number of hydrogen-bond acceptors (Lipinski definition) is 6. The van der Waals surface area contributed by atoms with Gasteiger partial charge < -0.3 is 9.64 Å². The van der Waals surface area contributed by atoms with E-state index in [4.69, 9.17) is 16.3 Å². The first kappa shape index (κ1) is 17.2. The smallest absolute Gasteiger partial charge is 0.233 e. The van der Waals surface area contributed by atoms with Gasteiger partial charge in [0.1, 0.15) is 0 Å². The molecule has 0 radical (unpaired) electrons. The van der Waals surface area contributed by atoms with Crippen LogP contribution in [0.4, 0.5) is 0 Å². The van der Waals surface area contributed by atoms with Crippen molar-refractivity contribution in [2.24, 2.45) is 0 Å². The fraction of sp³-hybridized carbons (Fsp3) is 0.467. The molecule has 1 aromatic heterocycles. The van der Waals surface area contributed by atoms with Crippen molar-refractivity contribution in [1.82, 2.24) is 25.1 Å². The van der Waals surface area contributed by atoms with Gasteiger partial charge in [-0.1, -0.05) is 30.3 Å².